The molecule has 1 fully saturated rings. The first-order valence-corrected chi connectivity index (χ1v) is 10.7. The number of primary amides is 1. The largest absolute Gasteiger partial charge is 0.364 e. The Morgan fingerprint density at radius 2 is 2.25 bits per heavy atom. The van der Waals surface area contributed by atoms with E-state index >= 15 is 0 Å². The SMILES string of the molecule is CC1C(c2c(Br)cnn2C)C=C(C(N)=O)N1C1C[C@@H](C2=CC=NCC2)CCN1. The van der Waals surface area contributed by atoms with Crippen LogP contribution in [0.2, 0.25) is 0 Å². The number of aryl methyl sites for hydroxylation is 1. The van der Waals surface area contributed by atoms with Crippen LogP contribution in [0, 0.1) is 5.92 Å². The summed E-state index contributed by atoms with van der Waals surface area (Å²) in [5.74, 6) is 0.190. The monoisotopic (exact) mass is 446 g/mol. The Morgan fingerprint density at radius 1 is 1.43 bits per heavy atom. The molecule has 8 heteroatoms. The molecule has 0 aliphatic carbocycles. The molecule has 3 aliphatic rings. The standard InChI is InChI=1S/C20H27BrN6O/c1-12-15(19-16(21)11-25-26(19)2)10-17(20(22)28)27(12)18-9-14(5-8-24-18)13-3-6-23-7-4-13/h3,6,10-12,14-15,18,24H,4-5,7-9H2,1-2H3,(H2,22,28)/t12?,14-,15?,18?/m0/s1. The van der Waals surface area contributed by atoms with Crippen LogP contribution in [0.3, 0.4) is 0 Å². The fraction of sp³-hybridized carbons (Fsp3) is 0.550. The van der Waals surface area contributed by atoms with Crippen molar-refractivity contribution in [2.45, 2.75) is 44.3 Å². The maximum Gasteiger partial charge on any atom is 0.264 e. The molecule has 1 amide bonds. The second-order valence-corrected chi connectivity index (χ2v) is 8.68. The lowest BCUT2D eigenvalue weighted by Crippen LogP contribution is -2.53. The predicted molar refractivity (Wildman–Crippen MR) is 113 cm³/mol. The smallest absolute Gasteiger partial charge is 0.264 e. The van der Waals surface area contributed by atoms with Crippen LogP contribution in [0.5, 0.6) is 0 Å². The molecule has 1 aromatic heterocycles. The maximum atomic E-state index is 12.3. The number of carbonyl (C=O) groups is 1. The Hall–Kier alpha value is -1.93. The zero-order chi connectivity index (χ0) is 19.8. The molecular formula is C20H27BrN6O. The summed E-state index contributed by atoms with van der Waals surface area (Å²) < 4.78 is 2.82. The van der Waals surface area contributed by atoms with E-state index in [0.717, 1.165) is 42.5 Å². The molecule has 0 aromatic carbocycles. The molecule has 150 valence electrons. The van der Waals surface area contributed by atoms with Crippen molar-refractivity contribution in [1.29, 1.82) is 0 Å². The highest BCUT2D eigenvalue weighted by Crippen LogP contribution is 2.40. The molecule has 1 saturated heterocycles. The van der Waals surface area contributed by atoms with Gasteiger partial charge in [-0.3, -0.25) is 19.8 Å². The van der Waals surface area contributed by atoms with Crippen molar-refractivity contribution >= 4 is 28.1 Å². The van der Waals surface area contributed by atoms with Gasteiger partial charge in [0, 0.05) is 31.8 Å². The normalized spacial score (nSPS) is 30.3. The number of nitrogens with two attached hydrogens (primary N) is 1. The summed E-state index contributed by atoms with van der Waals surface area (Å²) in [5, 5.41) is 7.97. The highest BCUT2D eigenvalue weighted by Gasteiger charge is 2.42. The summed E-state index contributed by atoms with van der Waals surface area (Å²) in [4.78, 5) is 18.8. The summed E-state index contributed by atoms with van der Waals surface area (Å²) >= 11 is 3.61. The van der Waals surface area contributed by atoms with Crippen LogP contribution >= 0.6 is 15.9 Å². The lowest BCUT2D eigenvalue weighted by atomic mass is 9.85. The van der Waals surface area contributed by atoms with Crippen LogP contribution in [0.4, 0.5) is 0 Å². The number of piperidine rings is 1. The van der Waals surface area contributed by atoms with E-state index in [0.29, 0.717) is 11.6 Å². The van der Waals surface area contributed by atoms with Crippen LogP contribution < -0.4 is 11.1 Å². The number of aromatic nitrogens is 2. The summed E-state index contributed by atoms with van der Waals surface area (Å²) in [7, 11) is 1.93. The number of rotatable bonds is 4. The second kappa shape index (κ2) is 7.83. The lowest BCUT2D eigenvalue weighted by Gasteiger charge is -2.42. The number of nitrogens with one attached hydrogen (secondary N) is 1. The van der Waals surface area contributed by atoms with Gasteiger partial charge in [0.15, 0.2) is 0 Å². The summed E-state index contributed by atoms with van der Waals surface area (Å²) in [6.45, 7) is 3.97. The first-order chi connectivity index (χ1) is 13.5. The topological polar surface area (TPSA) is 88.5 Å². The third-order valence-electron chi connectivity index (χ3n) is 6.24. The highest BCUT2D eigenvalue weighted by molar-refractivity contribution is 9.10. The average Bonchev–Trinajstić information content (AvgIpc) is 3.21. The third-order valence-corrected chi connectivity index (χ3v) is 6.86. The first kappa shape index (κ1) is 19.4. The van der Waals surface area contributed by atoms with E-state index in [4.69, 9.17) is 5.73 Å². The number of hydrogen-bond donors (Lipinski definition) is 2. The maximum absolute atomic E-state index is 12.3. The molecule has 0 bridgehead atoms. The zero-order valence-corrected chi connectivity index (χ0v) is 17.9. The van der Waals surface area contributed by atoms with Crippen LogP contribution in [-0.2, 0) is 11.8 Å². The molecule has 3 unspecified atom stereocenters. The molecule has 0 saturated carbocycles. The van der Waals surface area contributed by atoms with Gasteiger partial charge in [-0.05, 0) is 66.7 Å². The Balaban J connectivity index is 1.61. The first-order valence-electron chi connectivity index (χ1n) is 9.87. The Morgan fingerprint density at radius 3 is 2.89 bits per heavy atom. The minimum Gasteiger partial charge on any atom is -0.364 e. The van der Waals surface area contributed by atoms with Crippen molar-refractivity contribution in [3.8, 4) is 0 Å². The van der Waals surface area contributed by atoms with Gasteiger partial charge in [-0.15, -0.1) is 0 Å². The van der Waals surface area contributed by atoms with E-state index in [9.17, 15) is 4.79 Å². The van der Waals surface area contributed by atoms with Gasteiger partial charge in [0.1, 0.15) is 5.70 Å². The van der Waals surface area contributed by atoms with E-state index in [1.165, 1.54) is 5.57 Å². The van der Waals surface area contributed by atoms with E-state index in [-0.39, 0.29) is 24.0 Å². The van der Waals surface area contributed by atoms with Crippen molar-refractivity contribution in [3.63, 3.8) is 0 Å². The number of nitrogens with zero attached hydrogens (tertiary/aromatic N) is 4. The number of allylic oxidation sites excluding steroid dienone is 1. The van der Waals surface area contributed by atoms with Crippen LogP contribution in [-0.4, -0.2) is 52.1 Å². The lowest BCUT2D eigenvalue weighted by molar-refractivity contribution is -0.116. The molecule has 1 aromatic rings. The number of dihydropyridines is 1. The number of halogens is 1. The van der Waals surface area contributed by atoms with Crippen molar-refractivity contribution < 1.29 is 4.79 Å². The zero-order valence-electron chi connectivity index (χ0n) is 16.3. The van der Waals surface area contributed by atoms with Crippen LogP contribution in [0.25, 0.3) is 0 Å². The van der Waals surface area contributed by atoms with Gasteiger partial charge in [-0.2, -0.15) is 5.10 Å². The summed E-state index contributed by atoms with van der Waals surface area (Å²) in [5.41, 5.74) is 8.92. The molecule has 3 aliphatic heterocycles. The number of amides is 1. The summed E-state index contributed by atoms with van der Waals surface area (Å²) in [6, 6.07) is 0.104. The quantitative estimate of drug-likeness (QED) is 0.740. The number of carbonyl (C=O) groups excluding carboxylic acids is 1. The van der Waals surface area contributed by atoms with Gasteiger partial charge in [0.05, 0.1) is 22.5 Å². The highest BCUT2D eigenvalue weighted by atomic mass is 79.9. The van der Waals surface area contributed by atoms with Gasteiger partial charge in [-0.1, -0.05) is 5.57 Å². The number of hydrogen-bond acceptors (Lipinski definition) is 5. The van der Waals surface area contributed by atoms with E-state index in [1.54, 1.807) is 6.20 Å². The Labute approximate surface area is 173 Å². The average molecular weight is 447 g/mol. The fourth-order valence-electron chi connectivity index (χ4n) is 4.84. The Kier molecular flexibility index (Phi) is 5.42. The molecule has 4 heterocycles. The van der Waals surface area contributed by atoms with Crippen LogP contribution in [0.15, 0.2) is 39.1 Å². The molecular weight excluding hydrogens is 420 g/mol. The minimum absolute atomic E-state index is 0.0487. The summed E-state index contributed by atoms with van der Waals surface area (Å²) in [6.07, 6.45) is 11.1. The third kappa shape index (κ3) is 3.43. The van der Waals surface area contributed by atoms with Gasteiger partial charge in [0.25, 0.3) is 5.91 Å². The molecule has 7 nitrogen and oxygen atoms in total. The van der Waals surface area contributed by atoms with Crippen molar-refractivity contribution in [1.82, 2.24) is 20.0 Å². The predicted octanol–water partition coefficient (Wildman–Crippen LogP) is 2.07. The van der Waals surface area contributed by atoms with E-state index < -0.39 is 0 Å². The van der Waals surface area contributed by atoms with E-state index in [1.807, 2.05) is 24.0 Å². The molecule has 3 N–H and O–H groups in total. The van der Waals surface area contributed by atoms with Gasteiger partial charge in [0.2, 0.25) is 0 Å². The van der Waals surface area contributed by atoms with Crippen molar-refractivity contribution in [2.75, 3.05) is 13.1 Å². The van der Waals surface area contributed by atoms with Gasteiger partial charge in [-0.25, -0.2) is 0 Å². The van der Waals surface area contributed by atoms with E-state index in [2.05, 4.69) is 49.2 Å². The van der Waals surface area contributed by atoms with Gasteiger partial charge < -0.3 is 10.6 Å². The molecule has 4 rings (SSSR count). The molecule has 0 radical (unpaired) electrons. The van der Waals surface area contributed by atoms with Gasteiger partial charge >= 0.3 is 0 Å². The molecule has 28 heavy (non-hydrogen) atoms. The Bertz CT molecular complexity index is 837. The molecule has 4 atom stereocenters. The molecule has 0 spiro atoms. The number of aliphatic imine (C=N–C) groups is 1. The minimum atomic E-state index is -0.374. The van der Waals surface area contributed by atoms with Crippen molar-refractivity contribution in [2.24, 2.45) is 23.7 Å². The second-order valence-electron chi connectivity index (χ2n) is 7.83. The van der Waals surface area contributed by atoms with Crippen molar-refractivity contribution in [3.05, 3.63) is 39.8 Å². The van der Waals surface area contributed by atoms with Crippen LogP contribution in [0.1, 0.15) is 37.8 Å². The fourth-order valence-corrected chi connectivity index (χ4v) is 5.45.